The fraction of sp³-hybridized carbons (Fsp3) is 0.444. The molecule has 1 saturated carbocycles. The van der Waals surface area contributed by atoms with Crippen molar-refractivity contribution in [1.29, 1.82) is 0 Å². The number of nitrogens with zero attached hydrogens (tertiary/aromatic N) is 1. The number of pyridine rings is 1. The molecule has 1 aromatic heterocycles. The van der Waals surface area contributed by atoms with E-state index in [-0.39, 0.29) is 5.91 Å². The molecule has 2 atom stereocenters. The summed E-state index contributed by atoms with van der Waals surface area (Å²) in [6.45, 7) is 2.20. The molecule has 1 fully saturated rings. The van der Waals surface area contributed by atoms with Crippen molar-refractivity contribution in [3.63, 3.8) is 0 Å². The zero-order valence-corrected chi connectivity index (χ0v) is 13.7. The zero-order valence-electron chi connectivity index (χ0n) is 12.9. The van der Waals surface area contributed by atoms with Gasteiger partial charge in [0, 0.05) is 22.9 Å². The summed E-state index contributed by atoms with van der Waals surface area (Å²) in [4.78, 5) is 16.6. The van der Waals surface area contributed by atoms with E-state index in [9.17, 15) is 4.79 Å². The molecule has 1 aliphatic rings. The maximum Gasteiger partial charge on any atom is 0.224 e. The van der Waals surface area contributed by atoms with E-state index in [0.29, 0.717) is 12.5 Å². The summed E-state index contributed by atoms with van der Waals surface area (Å²) in [7, 11) is 0. The Kier molecular flexibility index (Phi) is 4.98. The Balaban J connectivity index is 1.57. The van der Waals surface area contributed by atoms with E-state index in [1.54, 1.807) is 0 Å². The second-order valence-electron chi connectivity index (χ2n) is 5.87. The van der Waals surface area contributed by atoms with Crippen LogP contribution in [0.2, 0.25) is 0 Å². The number of para-hydroxylation sites is 1. The molecular weight excluding hydrogens is 292 g/mol. The molecule has 1 aliphatic carbocycles. The fourth-order valence-electron chi connectivity index (χ4n) is 3.14. The monoisotopic (exact) mass is 314 g/mol. The third kappa shape index (κ3) is 3.80. The van der Waals surface area contributed by atoms with E-state index in [1.807, 2.05) is 42.2 Å². The Hall–Kier alpha value is -1.55. The van der Waals surface area contributed by atoms with Crippen LogP contribution in [0.25, 0.3) is 10.9 Å². The first-order valence-electron chi connectivity index (χ1n) is 7.99. The molecule has 0 radical (unpaired) electrons. The maximum atomic E-state index is 12.2. The number of fused-ring (bicyclic) bond motifs is 1. The second-order valence-corrected chi connectivity index (χ2v) is 7.45. The molecule has 1 heterocycles. The van der Waals surface area contributed by atoms with Crippen molar-refractivity contribution < 1.29 is 4.79 Å². The van der Waals surface area contributed by atoms with Gasteiger partial charge in [0.05, 0.1) is 11.9 Å². The fourth-order valence-corrected chi connectivity index (χ4v) is 4.28. The largest absolute Gasteiger partial charge is 0.353 e. The van der Waals surface area contributed by atoms with Gasteiger partial charge in [-0.05, 0) is 42.7 Å². The Bertz CT molecular complexity index is 658. The van der Waals surface area contributed by atoms with Gasteiger partial charge in [-0.15, -0.1) is 0 Å². The highest BCUT2D eigenvalue weighted by molar-refractivity contribution is 7.99. The van der Waals surface area contributed by atoms with E-state index >= 15 is 0 Å². The first-order chi connectivity index (χ1) is 10.7. The molecule has 3 nitrogen and oxygen atoms in total. The Morgan fingerprint density at radius 2 is 2.23 bits per heavy atom. The van der Waals surface area contributed by atoms with Crippen LogP contribution in [-0.4, -0.2) is 27.9 Å². The summed E-state index contributed by atoms with van der Waals surface area (Å²) < 4.78 is 0. The van der Waals surface area contributed by atoms with Gasteiger partial charge in [0.15, 0.2) is 0 Å². The van der Waals surface area contributed by atoms with Gasteiger partial charge < -0.3 is 5.32 Å². The van der Waals surface area contributed by atoms with Gasteiger partial charge in [0.2, 0.25) is 5.91 Å². The number of carbonyl (C=O) groups is 1. The number of thioether (sulfide) groups is 1. The molecule has 0 spiro atoms. The van der Waals surface area contributed by atoms with E-state index in [2.05, 4.69) is 23.3 Å². The molecule has 0 saturated heterocycles. The molecular formula is C18H22N2OS. The summed E-state index contributed by atoms with van der Waals surface area (Å²) in [5, 5.41) is 4.99. The van der Waals surface area contributed by atoms with Crippen molar-refractivity contribution in [1.82, 2.24) is 10.3 Å². The molecule has 116 valence electrons. The minimum absolute atomic E-state index is 0.115. The summed E-state index contributed by atoms with van der Waals surface area (Å²) in [5.41, 5.74) is 1.95. The second kappa shape index (κ2) is 7.14. The van der Waals surface area contributed by atoms with Crippen molar-refractivity contribution in [2.45, 2.75) is 43.9 Å². The SMILES string of the molecule is CCSC1CCC(NC(=O)Cc2cnc3ccccc3c2)C1. The van der Waals surface area contributed by atoms with Crippen LogP contribution in [0.15, 0.2) is 36.5 Å². The van der Waals surface area contributed by atoms with E-state index in [0.717, 1.165) is 40.3 Å². The number of aromatic nitrogens is 1. The van der Waals surface area contributed by atoms with Crippen LogP contribution in [0.4, 0.5) is 0 Å². The minimum Gasteiger partial charge on any atom is -0.353 e. The number of rotatable bonds is 5. The highest BCUT2D eigenvalue weighted by Gasteiger charge is 2.25. The van der Waals surface area contributed by atoms with E-state index < -0.39 is 0 Å². The van der Waals surface area contributed by atoms with Crippen molar-refractivity contribution in [3.05, 3.63) is 42.1 Å². The summed E-state index contributed by atoms with van der Waals surface area (Å²) >= 11 is 2.01. The zero-order chi connectivity index (χ0) is 15.4. The lowest BCUT2D eigenvalue weighted by Crippen LogP contribution is -2.34. The predicted molar refractivity (Wildman–Crippen MR) is 93.1 cm³/mol. The van der Waals surface area contributed by atoms with Crippen LogP contribution in [0, 0.1) is 0 Å². The van der Waals surface area contributed by atoms with Crippen molar-refractivity contribution in [2.75, 3.05) is 5.75 Å². The quantitative estimate of drug-likeness (QED) is 0.917. The Labute approximate surface area is 135 Å². The van der Waals surface area contributed by atoms with Crippen LogP contribution in [0.3, 0.4) is 0 Å². The first kappa shape index (κ1) is 15.3. The average molecular weight is 314 g/mol. The molecule has 0 bridgehead atoms. The third-order valence-corrected chi connectivity index (χ3v) is 5.40. The summed E-state index contributed by atoms with van der Waals surface area (Å²) in [6.07, 6.45) is 5.67. The molecule has 2 aromatic rings. The van der Waals surface area contributed by atoms with Gasteiger partial charge in [-0.1, -0.05) is 25.1 Å². The van der Waals surface area contributed by atoms with Crippen LogP contribution in [-0.2, 0) is 11.2 Å². The number of hydrogen-bond acceptors (Lipinski definition) is 3. The molecule has 0 aliphatic heterocycles. The lowest BCUT2D eigenvalue weighted by Gasteiger charge is -2.13. The molecule has 22 heavy (non-hydrogen) atoms. The van der Waals surface area contributed by atoms with Gasteiger partial charge in [-0.25, -0.2) is 0 Å². The lowest BCUT2D eigenvalue weighted by molar-refractivity contribution is -0.121. The standard InChI is InChI=1S/C18H22N2OS/c1-2-22-16-8-7-15(11-16)20-18(21)10-13-9-14-5-3-4-6-17(14)19-12-13/h3-6,9,12,15-16H,2,7-8,10-11H2,1H3,(H,20,21). The maximum absolute atomic E-state index is 12.2. The predicted octanol–water partition coefficient (Wildman–Crippen LogP) is 3.57. The molecule has 2 unspecified atom stereocenters. The first-order valence-corrected chi connectivity index (χ1v) is 9.04. The van der Waals surface area contributed by atoms with E-state index in [4.69, 9.17) is 0 Å². The molecule has 1 amide bonds. The number of benzene rings is 1. The average Bonchev–Trinajstić information content (AvgIpc) is 2.94. The van der Waals surface area contributed by atoms with Gasteiger partial charge in [-0.2, -0.15) is 11.8 Å². The van der Waals surface area contributed by atoms with Crippen molar-refractivity contribution >= 4 is 28.6 Å². The Morgan fingerprint density at radius 1 is 1.36 bits per heavy atom. The third-order valence-electron chi connectivity index (χ3n) is 4.16. The Morgan fingerprint density at radius 3 is 3.09 bits per heavy atom. The van der Waals surface area contributed by atoms with Crippen LogP contribution in [0.5, 0.6) is 0 Å². The molecule has 1 N–H and O–H groups in total. The smallest absolute Gasteiger partial charge is 0.224 e. The van der Waals surface area contributed by atoms with Gasteiger partial charge in [-0.3, -0.25) is 9.78 Å². The van der Waals surface area contributed by atoms with Crippen molar-refractivity contribution in [2.24, 2.45) is 0 Å². The van der Waals surface area contributed by atoms with E-state index in [1.165, 1.54) is 6.42 Å². The number of carbonyl (C=O) groups excluding carboxylic acids is 1. The van der Waals surface area contributed by atoms with Crippen LogP contribution in [0.1, 0.15) is 31.7 Å². The lowest BCUT2D eigenvalue weighted by atomic mass is 10.1. The summed E-state index contributed by atoms with van der Waals surface area (Å²) in [5.74, 6) is 1.28. The van der Waals surface area contributed by atoms with Crippen LogP contribution >= 0.6 is 11.8 Å². The molecule has 1 aromatic carbocycles. The highest BCUT2D eigenvalue weighted by Crippen LogP contribution is 2.29. The van der Waals surface area contributed by atoms with Crippen LogP contribution < -0.4 is 5.32 Å². The molecule has 3 rings (SSSR count). The summed E-state index contributed by atoms with van der Waals surface area (Å²) in [6, 6.07) is 10.4. The minimum atomic E-state index is 0.115. The number of amides is 1. The van der Waals surface area contributed by atoms with Gasteiger partial charge >= 0.3 is 0 Å². The van der Waals surface area contributed by atoms with Crippen molar-refractivity contribution in [3.8, 4) is 0 Å². The van der Waals surface area contributed by atoms with Gasteiger partial charge in [0.1, 0.15) is 0 Å². The molecule has 4 heteroatoms. The highest BCUT2D eigenvalue weighted by atomic mass is 32.2. The number of nitrogens with one attached hydrogen (secondary N) is 1. The number of hydrogen-bond donors (Lipinski definition) is 1. The van der Waals surface area contributed by atoms with Gasteiger partial charge in [0.25, 0.3) is 0 Å². The topological polar surface area (TPSA) is 42.0 Å². The normalized spacial score (nSPS) is 21.1.